The fourth-order valence-corrected chi connectivity index (χ4v) is 4.75. The molecule has 2 heterocycles. The second kappa shape index (κ2) is 10.8. The molecule has 0 radical (unpaired) electrons. The van der Waals surface area contributed by atoms with Crippen molar-refractivity contribution in [1.29, 1.82) is 0 Å². The Balaban J connectivity index is 1.22. The maximum atomic E-state index is 12.9. The van der Waals surface area contributed by atoms with E-state index in [1.165, 1.54) is 16.7 Å². The van der Waals surface area contributed by atoms with Crippen LogP contribution in [0.3, 0.4) is 0 Å². The van der Waals surface area contributed by atoms with Gasteiger partial charge in [-0.2, -0.15) is 0 Å². The lowest BCUT2D eigenvalue weighted by molar-refractivity contribution is -0.134. The minimum absolute atomic E-state index is 0.216. The molecule has 2 aliphatic rings. The first-order chi connectivity index (χ1) is 15.6. The summed E-state index contributed by atoms with van der Waals surface area (Å²) in [5.74, 6) is 0.778. The van der Waals surface area contributed by atoms with Gasteiger partial charge in [0, 0.05) is 58.7 Å². The number of amides is 2. The van der Waals surface area contributed by atoms with Crippen LogP contribution in [-0.4, -0.2) is 59.2 Å². The molecule has 1 atom stereocenters. The minimum Gasteiger partial charge on any atom is -0.340 e. The molecule has 170 valence electrons. The minimum atomic E-state index is 0.216. The zero-order valence-corrected chi connectivity index (χ0v) is 19.2. The second-order valence-corrected chi connectivity index (χ2v) is 9.34. The molecule has 5 heteroatoms. The number of carbonyl (C=O) groups is 2. The summed E-state index contributed by atoms with van der Waals surface area (Å²) < 4.78 is 0. The number of hydrogen-bond acceptors (Lipinski definition) is 3. The van der Waals surface area contributed by atoms with E-state index in [-0.39, 0.29) is 11.8 Å². The summed E-state index contributed by atoms with van der Waals surface area (Å²) in [6, 6.07) is 18.9. The van der Waals surface area contributed by atoms with E-state index in [4.69, 9.17) is 0 Å². The molecule has 32 heavy (non-hydrogen) atoms. The van der Waals surface area contributed by atoms with Crippen LogP contribution < -0.4 is 0 Å². The maximum Gasteiger partial charge on any atom is 0.222 e. The highest BCUT2D eigenvalue weighted by Crippen LogP contribution is 2.24. The molecule has 4 rings (SSSR count). The Morgan fingerprint density at radius 3 is 2.25 bits per heavy atom. The van der Waals surface area contributed by atoms with Crippen molar-refractivity contribution in [3.05, 3.63) is 71.3 Å². The van der Waals surface area contributed by atoms with Gasteiger partial charge in [-0.3, -0.25) is 14.5 Å². The quantitative estimate of drug-likeness (QED) is 0.695. The Bertz CT molecular complexity index is 889. The van der Waals surface area contributed by atoms with E-state index in [1.807, 2.05) is 28.0 Å². The summed E-state index contributed by atoms with van der Waals surface area (Å²) in [5, 5.41) is 0. The summed E-state index contributed by atoms with van der Waals surface area (Å²) in [7, 11) is 0. The van der Waals surface area contributed by atoms with Crippen LogP contribution in [0.25, 0.3) is 0 Å². The van der Waals surface area contributed by atoms with Crippen molar-refractivity contribution in [3.8, 4) is 0 Å². The third-order valence-electron chi connectivity index (χ3n) is 6.86. The van der Waals surface area contributed by atoms with Crippen LogP contribution in [-0.2, 0) is 22.7 Å². The van der Waals surface area contributed by atoms with E-state index < -0.39 is 0 Å². The molecule has 0 aromatic heterocycles. The molecule has 0 saturated carbocycles. The van der Waals surface area contributed by atoms with Crippen LogP contribution in [0.5, 0.6) is 0 Å². The van der Waals surface area contributed by atoms with E-state index in [1.54, 1.807) is 0 Å². The number of rotatable bonds is 6. The normalized spacial score (nSPS) is 20.3. The molecule has 5 nitrogen and oxygen atoms in total. The molecule has 0 spiro atoms. The molecule has 2 saturated heterocycles. The predicted molar refractivity (Wildman–Crippen MR) is 127 cm³/mol. The molecular formula is C27H35N3O2. The number of aryl methyl sites for hydroxylation is 1. The number of nitrogens with zero attached hydrogens (tertiary/aromatic N) is 3. The maximum absolute atomic E-state index is 12.9. The molecule has 1 unspecified atom stereocenters. The Hall–Kier alpha value is -2.66. The fraction of sp³-hybridized carbons (Fsp3) is 0.481. The largest absolute Gasteiger partial charge is 0.340 e. The number of benzene rings is 2. The van der Waals surface area contributed by atoms with E-state index in [2.05, 4.69) is 48.2 Å². The van der Waals surface area contributed by atoms with Gasteiger partial charge in [-0.15, -0.1) is 0 Å². The lowest BCUT2D eigenvalue weighted by Gasteiger charge is -2.35. The van der Waals surface area contributed by atoms with E-state index >= 15 is 0 Å². The van der Waals surface area contributed by atoms with Gasteiger partial charge in [0.05, 0.1) is 0 Å². The molecule has 2 fully saturated rings. The highest BCUT2D eigenvalue weighted by Gasteiger charge is 2.27. The first kappa shape index (κ1) is 22.5. The summed E-state index contributed by atoms with van der Waals surface area (Å²) in [5.41, 5.74) is 3.78. The molecular weight excluding hydrogens is 398 g/mol. The molecule has 2 aromatic rings. The highest BCUT2D eigenvalue weighted by atomic mass is 16.2. The summed E-state index contributed by atoms with van der Waals surface area (Å²) in [4.78, 5) is 31.9. The van der Waals surface area contributed by atoms with Gasteiger partial charge in [0.15, 0.2) is 0 Å². The van der Waals surface area contributed by atoms with Gasteiger partial charge < -0.3 is 9.80 Å². The summed E-state index contributed by atoms with van der Waals surface area (Å²) in [6.07, 6.45) is 2.86. The van der Waals surface area contributed by atoms with Crippen molar-refractivity contribution in [2.24, 2.45) is 5.92 Å². The second-order valence-electron chi connectivity index (χ2n) is 9.34. The third kappa shape index (κ3) is 6.19. The van der Waals surface area contributed by atoms with Crippen LogP contribution in [0.1, 0.15) is 42.4 Å². The van der Waals surface area contributed by atoms with Gasteiger partial charge in [0.1, 0.15) is 0 Å². The predicted octanol–water partition coefficient (Wildman–Crippen LogP) is 3.86. The first-order valence-electron chi connectivity index (χ1n) is 11.9. The number of carbonyl (C=O) groups excluding carboxylic acids is 2. The monoisotopic (exact) mass is 433 g/mol. The molecule has 2 aromatic carbocycles. The van der Waals surface area contributed by atoms with Crippen molar-refractivity contribution >= 4 is 11.8 Å². The topological polar surface area (TPSA) is 43.9 Å². The van der Waals surface area contributed by atoms with Crippen molar-refractivity contribution < 1.29 is 9.59 Å². The zero-order chi connectivity index (χ0) is 22.3. The lowest BCUT2D eigenvalue weighted by Crippen LogP contribution is -2.48. The highest BCUT2D eigenvalue weighted by molar-refractivity contribution is 5.78. The molecule has 0 N–H and O–H groups in total. The summed E-state index contributed by atoms with van der Waals surface area (Å²) >= 11 is 0. The Labute approximate surface area is 192 Å². The fourth-order valence-electron chi connectivity index (χ4n) is 4.75. The van der Waals surface area contributed by atoms with Gasteiger partial charge in [-0.05, 0) is 36.8 Å². The van der Waals surface area contributed by atoms with E-state index in [9.17, 15) is 9.59 Å². The number of piperazine rings is 1. The first-order valence-corrected chi connectivity index (χ1v) is 11.9. The Morgan fingerprint density at radius 1 is 0.844 bits per heavy atom. The molecule has 2 aliphatic heterocycles. The van der Waals surface area contributed by atoms with Gasteiger partial charge >= 0.3 is 0 Å². The molecule has 2 amide bonds. The van der Waals surface area contributed by atoms with Gasteiger partial charge in [-0.1, -0.05) is 60.2 Å². The zero-order valence-electron chi connectivity index (χ0n) is 19.2. The Morgan fingerprint density at radius 2 is 1.53 bits per heavy atom. The molecule has 0 aliphatic carbocycles. The van der Waals surface area contributed by atoms with Crippen molar-refractivity contribution in [3.63, 3.8) is 0 Å². The average Bonchev–Trinajstić information content (AvgIpc) is 2.98. The van der Waals surface area contributed by atoms with Crippen LogP contribution in [0.4, 0.5) is 0 Å². The van der Waals surface area contributed by atoms with E-state index in [0.29, 0.717) is 25.3 Å². The SMILES string of the molecule is Cc1ccc(CN2CCN(C(=O)CC3CCC(=O)N(Cc4ccccc4)CC3)CC2)cc1. The van der Waals surface area contributed by atoms with Gasteiger partial charge in [0.2, 0.25) is 11.8 Å². The number of likely N-dealkylation sites (tertiary alicyclic amines) is 1. The van der Waals surface area contributed by atoms with Gasteiger partial charge in [0.25, 0.3) is 0 Å². The average molecular weight is 434 g/mol. The van der Waals surface area contributed by atoms with Crippen LogP contribution in [0, 0.1) is 12.8 Å². The Kier molecular flexibility index (Phi) is 7.59. The van der Waals surface area contributed by atoms with Crippen molar-refractivity contribution in [1.82, 2.24) is 14.7 Å². The van der Waals surface area contributed by atoms with Crippen LogP contribution in [0.15, 0.2) is 54.6 Å². The van der Waals surface area contributed by atoms with Crippen molar-refractivity contribution in [2.75, 3.05) is 32.7 Å². The number of hydrogen-bond donors (Lipinski definition) is 0. The van der Waals surface area contributed by atoms with E-state index in [0.717, 1.165) is 52.1 Å². The smallest absolute Gasteiger partial charge is 0.222 e. The third-order valence-corrected chi connectivity index (χ3v) is 6.86. The van der Waals surface area contributed by atoms with Gasteiger partial charge in [-0.25, -0.2) is 0 Å². The standard InChI is InChI=1S/C27H35N3O2/c1-22-7-9-25(10-8-22)20-28-15-17-29(18-16-28)27(32)19-23-11-12-26(31)30(14-13-23)21-24-5-3-2-4-6-24/h2-10,23H,11-21H2,1H3. The lowest BCUT2D eigenvalue weighted by atomic mass is 9.96. The molecule has 0 bridgehead atoms. The van der Waals surface area contributed by atoms with Crippen LogP contribution >= 0.6 is 0 Å². The van der Waals surface area contributed by atoms with Crippen LogP contribution in [0.2, 0.25) is 0 Å². The summed E-state index contributed by atoms with van der Waals surface area (Å²) in [6.45, 7) is 7.93. The van der Waals surface area contributed by atoms with Crippen molar-refractivity contribution in [2.45, 2.75) is 45.7 Å².